The first-order chi connectivity index (χ1) is 24.6. The summed E-state index contributed by atoms with van der Waals surface area (Å²) in [7, 11) is 0. The molecule has 2 amide bonds. The zero-order valence-corrected chi connectivity index (χ0v) is 31.0. The van der Waals surface area contributed by atoms with Gasteiger partial charge in [-0.05, 0) is 94.7 Å². The Morgan fingerprint density at radius 2 is 1.51 bits per heavy atom. The van der Waals surface area contributed by atoms with E-state index in [1.165, 1.54) is 22.3 Å². The molecule has 1 heterocycles. The van der Waals surface area contributed by atoms with Crippen molar-refractivity contribution in [3.8, 4) is 11.1 Å². The number of aromatic nitrogens is 1. The van der Waals surface area contributed by atoms with Crippen molar-refractivity contribution >= 4 is 22.9 Å². The van der Waals surface area contributed by atoms with Crippen molar-refractivity contribution in [2.24, 2.45) is 0 Å². The first-order valence-corrected chi connectivity index (χ1v) is 18.4. The number of nitrogens with zero attached hydrogens (tertiary/aromatic N) is 2. The summed E-state index contributed by atoms with van der Waals surface area (Å²) in [6, 6.07) is 26.2. The number of benzene rings is 3. The van der Waals surface area contributed by atoms with Crippen LogP contribution >= 0.6 is 0 Å². The summed E-state index contributed by atoms with van der Waals surface area (Å²) in [6.45, 7) is 13.7. The summed E-state index contributed by atoms with van der Waals surface area (Å²) in [4.78, 5) is 33.9. The number of ether oxygens (including phenoxy) is 3. The van der Waals surface area contributed by atoms with E-state index in [0.717, 1.165) is 22.9 Å². The van der Waals surface area contributed by atoms with Gasteiger partial charge in [0.25, 0.3) is 0 Å². The minimum atomic E-state index is -0.598. The number of hydrogen-bond donors (Lipinski definition) is 2. The maximum atomic E-state index is 15.0. The Hall–Kier alpha value is -4.31. The zero-order valence-electron chi connectivity index (χ0n) is 31.0. The van der Waals surface area contributed by atoms with Gasteiger partial charge in [0.1, 0.15) is 5.60 Å². The molecule has 51 heavy (non-hydrogen) atoms. The molecule has 0 radical (unpaired) electrons. The number of fused-ring (bicyclic) bond motifs is 4. The predicted octanol–water partition coefficient (Wildman–Crippen LogP) is 7.82. The number of pyridine rings is 1. The van der Waals surface area contributed by atoms with Gasteiger partial charge in [0.15, 0.2) is 6.29 Å². The third-order valence-corrected chi connectivity index (χ3v) is 9.30. The summed E-state index contributed by atoms with van der Waals surface area (Å²) < 4.78 is 17.5. The molecule has 3 aromatic carbocycles. The molecule has 0 unspecified atom stereocenters. The van der Waals surface area contributed by atoms with Crippen molar-refractivity contribution in [2.45, 2.75) is 97.2 Å². The fourth-order valence-electron chi connectivity index (χ4n) is 6.93. The Kier molecular flexibility index (Phi) is 13.2. The van der Waals surface area contributed by atoms with Crippen LogP contribution in [0.15, 0.2) is 85.1 Å². The number of unbranched alkanes of at least 4 members (excludes halogenated alkanes) is 1. The van der Waals surface area contributed by atoms with Gasteiger partial charge >= 0.3 is 6.09 Å². The van der Waals surface area contributed by atoms with Gasteiger partial charge in [0.05, 0.1) is 17.6 Å². The molecule has 2 atom stereocenters. The van der Waals surface area contributed by atoms with E-state index < -0.39 is 24.0 Å². The molecular weight excluding hydrogens is 640 g/mol. The van der Waals surface area contributed by atoms with Gasteiger partial charge in [-0.3, -0.25) is 9.78 Å². The maximum absolute atomic E-state index is 15.0. The molecule has 1 aliphatic rings. The van der Waals surface area contributed by atoms with Gasteiger partial charge in [0, 0.05) is 50.3 Å². The molecule has 0 saturated carbocycles. The summed E-state index contributed by atoms with van der Waals surface area (Å²) in [5, 5.41) is 7.61. The van der Waals surface area contributed by atoms with E-state index in [2.05, 4.69) is 59.2 Å². The number of para-hydroxylation sites is 1. The lowest BCUT2D eigenvalue weighted by atomic mass is 9.96. The molecule has 0 spiro atoms. The second-order valence-electron chi connectivity index (χ2n) is 14.1. The fraction of sp³-hybridized carbons (Fsp3) is 0.452. The number of alkyl carbamates (subject to hydrolysis) is 1. The molecule has 272 valence electrons. The van der Waals surface area contributed by atoms with Crippen molar-refractivity contribution in [3.05, 3.63) is 102 Å². The van der Waals surface area contributed by atoms with Crippen LogP contribution in [0.4, 0.5) is 4.79 Å². The van der Waals surface area contributed by atoms with Crippen molar-refractivity contribution in [3.63, 3.8) is 0 Å². The number of carbonyl (C=O) groups is 2. The van der Waals surface area contributed by atoms with E-state index in [9.17, 15) is 4.79 Å². The minimum absolute atomic E-state index is 0.0282. The first kappa shape index (κ1) is 37.9. The first-order valence-electron chi connectivity index (χ1n) is 18.4. The standard InChI is InChI=1S/C42H54N4O5/c1-7-49-40(50-8-2)29(3)46(28-31-18-15-17-30-19-16-26-43-38(30)31)39(47)37(24-13-14-25-44-41(48)51-42(4,5)6)45-27-36-34-22-11-9-20-32(34)33-21-10-12-23-35(33)36/h9-12,15-23,26,29,36-37,40,45H,7-8,13-14,24-25,27-28H2,1-6H3,(H,44,48)/t29-,37-/m0/s1. The molecule has 0 aliphatic heterocycles. The van der Waals surface area contributed by atoms with Crippen LogP contribution in [0.3, 0.4) is 0 Å². The lowest BCUT2D eigenvalue weighted by Gasteiger charge is -2.37. The molecule has 0 bridgehead atoms. The van der Waals surface area contributed by atoms with Gasteiger partial charge in [0.2, 0.25) is 5.91 Å². The largest absolute Gasteiger partial charge is 0.444 e. The molecule has 0 fully saturated rings. The van der Waals surface area contributed by atoms with Crippen LogP contribution in [0.5, 0.6) is 0 Å². The smallest absolute Gasteiger partial charge is 0.407 e. The highest BCUT2D eigenvalue weighted by atomic mass is 16.7. The van der Waals surface area contributed by atoms with E-state index >= 15 is 4.79 Å². The van der Waals surface area contributed by atoms with Gasteiger partial charge in [-0.15, -0.1) is 0 Å². The molecule has 5 rings (SSSR count). The Bertz CT molecular complexity index is 1700. The zero-order chi connectivity index (χ0) is 36.4. The van der Waals surface area contributed by atoms with Crippen molar-refractivity contribution in [1.29, 1.82) is 0 Å². The SMILES string of the molecule is CCOC(OCC)[C@H](C)N(Cc1cccc2cccnc12)C(=O)[C@H](CCCCNC(=O)OC(C)(C)C)NCC1c2ccccc2-c2ccccc21. The molecular formula is C42H54N4O5. The quantitative estimate of drug-likeness (QED) is 0.0859. The monoisotopic (exact) mass is 694 g/mol. The van der Waals surface area contributed by atoms with Crippen LogP contribution in [0.1, 0.15) is 83.4 Å². The van der Waals surface area contributed by atoms with Gasteiger partial charge in [-0.1, -0.05) is 72.8 Å². The van der Waals surface area contributed by atoms with Crippen molar-refractivity contribution < 1.29 is 23.8 Å². The normalized spacial score (nSPS) is 13.9. The number of nitrogens with one attached hydrogen (secondary N) is 2. The van der Waals surface area contributed by atoms with Crippen LogP contribution in [-0.4, -0.2) is 72.2 Å². The number of hydrogen-bond acceptors (Lipinski definition) is 7. The molecule has 4 aromatic rings. The summed E-state index contributed by atoms with van der Waals surface area (Å²) >= 11 is 0. The third-order valence-electron chi connectivity index (χ3n) is 9.30. The molecule has 2 N–H and O–H groups in total. The topological polar surface area (TPSA) is 102 Å². The number of amides is 2. The van der Waals surface area contributed by atoms with E-state index in [-0.39, 0.29) is 17.9 Å². The van der Waals surface area contributed by atoms with Crippen LogP contribution < -0.4 is 10.6 Å². The van der Waals surface area contributed by atoms with E-state index in [1.54, 1.807) is 6.20 Å². The number of rotatable bonds is 17. The van der Waals surface area contributed by atoms with Crippen LogP contribution in [0.2, 0.25) is 0 Å². The second-order valence-corrected chi connectivity index (χ2v) is 14.1. The molecule has 9 nitrogen and oxygen atoms in total. The minimum Gasteiger partial charge on any atom is -0.444 e. The predicted molar refractivity (Wildman–Crippen MR) is 202 cm³/mol. The molecule has 1 aliphatic carbocycles. The van der Waals surface area contributed by atoms with Gasteiger partial charge in [-0.2, -0.15) is 0 Å². The van der Waals surface area contributed by atoms with Crippen LogP contribution in [0, 0.1) is 0 Å². The highest BCUT2D eigenvalue weighted by Gasteiger charge is 2.35. The van der Waals surface area contributed by atoms with Crippen molar-refractivity contribution in [1.82, 2.24) is 20.5 Å². The van der Waals surface area contributed by atoms with Gasteiger partial charge in [-0.25, -0.2) is 4.79 Å². The highest BCUT2D eigenvalue weighted by Crippen LogP contribution is 2.44. The molecule has 9 heteroatoms. The molecule has 1 aromatic heterocycles. The van der Waals surface area contributed by atoms with E-state index in [4.69, 9.17) is 19.2 Å². The lowest BCUT2D eigenvalue weighted by Crippen LogP contribution is -2.54. The van der Waals surface area contributed by atoms with Crippen LogP contribution in [-0.2, 0) is 25.5 Å². The Labute approximate surface area is 303 Å². The Morgan fingerprint density at radius 1 is 0.863 bits per heavy atom. The Balaban J connectivity index is 1.42. The maximum Gasteiger partial charge on any atom is 0.407 e. The second kappa shape index (κ2) is 17.8. The van der Waals surface area contributed by atoms with E-state index in [1.807, 2.05) is 76.8 Å². The summed E-state index contributed by atoms with van der Waals surface area (Å²) in [5.41, 5.74) is 6.27. The molecule has 0 saturated heterocycles. The average molecular weight is 695 g/mol. The van der Waals surface area contributed by atoms with Gasteiger partial charge < -0.3 is 29.7 Å². The lowest BCUT2D eigenvalue weighted by molar-refractivity contribution is -0.179. The average Bonchev–Trinajstić information content (AvgIpc) is 3.44. The number of carbonyl (C=O) groups excluding carboxylic acids is 2. The third kappa shape index (κ3) is 9.73. The van der Waals surface area contributed by atoms with Crippen LogP contribution in [0.25, 0.3) is 22.0 Å². The fourth-order valence-corrected chi connectivity index (χ4v) is 6.93. The highest BCUT2D eigenvalue weighted by molar-refractivity contribution is 5.85. The van der Waals surface area contributed by atoms with E-state index in [0.29, 0.717) is 45.7 Å². The van der Waals surface area contributed by atoms with Crippen molar-refractivity contribution in [2.75, 3.05) is 26.3 Å². The summed E-state index contributed by atoms with van der Waals surface area (Å²) in [5.74, 6) is 0.0776. The Morgan fingerprint density at radius 3 is 2.16 bits per heavy atom. The summed E-state index contributed by atoms with van der Waals surface area (Å²) in [6.07, 6.45) is 2.75.